The Hall–Kier alpha value is -5.01. The lowest BCUT2D eigenvalue weighted by molar-refractivity contribution is -0.385. The molecule has 0 saturated carbocycles. The fourth-order valence-electron chi connectivity index (χ4n) is 6.08. The van der Waals surface area contributed by atoms with Gasteiger partial charge in [-0.3, -0.25) is 34.1 Å². The van der Waals surface area contributed by atoms with Gasteiger partial charge in [0, 0.05) is 19.0 Å². The molecule has 5 atom stereocenters. The number of rotatable bonds is 7. The number of carbonyl (C=O) groups excluding carboxylic acids is 5. The summed E-state index contributed by atoms with van der Waals surface area (Å²) in [6, 6.07) is 6.98. The monoisotopic (exact) mass is 650 g/mol. The van der Waals surface area contributed by atoms with E-state index in [1.807, 2.05) is 13.8 Å². The van der Waals surface area contributed by atoms with Crippen molar-refractivity contribution in [2.24, 2.45) is 5.92 Å². The highest BCUT2D eigenvalue weighted by atomic mass is 16.6. The summed E-state index contributed by atoms with van der Waals surface area (Å²) in [6.07, 6.45) is 1.13. The van der Waals surface area contributed by atoms with Crippen molar-refractivity contribution in [1.29, 1.82) is 0 Å². The molecule has 0 aliphatic carbocycles. The fourth-order valence-corrected chi connectivity index (χ4v) is 6.08. The third-order valence-corrected chi connectivity index (χ3v) is 8.53. The Balaban J connectivity index is 1.87. The number of hydrogen-bond donors (Lipinski definition) is 4. The highest BCUT2D eigenvalue weighted by Gasteiger charge is 2.42. The predicted octanol–water partition coefficient (Wildman–Crippen LogP) is 1.79. The van der Waals surface area contributed by atoms with Crippen molar-refractivity contribution >= 4 is 35.2 Å². The molecule has 0 spiro atoms. The zero-order valence-electron chi connectivity index (χ0n) is 27.0. The first-order valence-electron chi connectivity index (χ1n) is 15.8. The molecule has 252 valence electrons. The number of carbonyl (C=O) groups is 5. The van der Waals surface area contributed by atoms with Crippen LogP contribution in [0.3, 0.4) is 0 Å². The molecule has 0 bridgehead atoms. The molecule has 14 heteroatoms. The van der Waals surface area contributed by atoms with E-state index in [2.05, 4.69) is 16.0 Å². The molecule has 4 rings (SSSR count). The van der Waals surface area contributed by atoms with Crippen LogP contribution in [0, 0.1) is 16.0 Å². The van der Waals surface area contributed by atoms with E-state index in [4.69, 9.17) is 0 Å². The number of aromatic hydroxyl groups is 1. The molecular weight excluding hydrogens is 608 g/mol. The maximum absolute atomic E-state index is 14.4. The van der Waals surface area contributed by atoms with Gasteiger partial charge in [0.15, 0.2) is 0 Å². The van der Waals surface area contributed by atoms with Crippen molar-refractivity contribution in [2.45, 2.75) is 90.1 Å². The molecule has 14 nitrogen and oxygen atoms in total. The van der Waals surface area contributed by atoms with Crippen LogP contribution in [-0.2, 0) is 36.9 Å². The van der Waals surface area contributed by atoms with Crippen molar-refractivity contribution < 1.29 is 34.0 Å². The van der Waals surface area contributed by atoms with Gasteiger partial charge in [-0.1, -0.05) is 50.2 Å². The number of phenolic OH excluding ortho intramolecular Hbond substituents is 1. The van der Waals surface area contributed by atoms with E-state index in [-0.39, 0.29) is 30.9 Å². The predicted molar refractivity (Wildman–Crippen MR) is 171 cm³/mol. The zero-order valence-corrected chi connectivity index (χ0v) is 27.0. The molecule has 4 N–H and O–H groups in total. The second-order valence-corrected chi connectivity index (χ2v) is 12.5. The summed E-state index contributed by atoms with van der Waals surface area (Å²) in [4.78, 5) is 82.9. The maximum Gasteiger partial charge on any atom is 0.278 e. The third-order valence-electron chi connectivity index (χ3n) is 8.53. The van der Waals surface area contributed by atoms with Gasteiger partial charge in [0.1, 0.15) is 36.0 Å². The topological polar surface area (TPSA) is 191 Å². The minimum absolute atomic E-state index is 0.0442. The number of benzene rings is 2. The third kappa shape index (κ3) is 8.23. The zero-order chi connectivity index (χ0) is 34.4. The van der Waals surface area contributed by atoms with Crippen molar-refractivity contribution in [1.82, 2.24) is 25.8 Å². The van der Waals surface area contributed by atoms with Crippen molar-refractivity contribution in [3.05, 3.63) is 69.8 Å². The molecule has 2 aliphatic rings. The van der Waals surface area contributed by atoms with E-state index in [1.54, 1.807) is 30.3 Å². The lowest BCUT2D eigenvalue weighted by Crippen LogP contribution is -2.59. The molecular formula is C33H42N6O8. The molecule has 2 aromatic carbocycles. The second kappa shape index (κ2) is 15.1. The Bertz CT molecular complexity index is 1520. The van der Waals surface area contributed by atoms with Gasteiger partial charge in [0.25, 0.3) is 5.69 Å². The Morgan fingerprint density at radius 2 is 1.57 bits per heavy atom. The van der Waals surface area contributed by atoms with Crippen molar-refractivity contribution in [2.75, 3.05) is 6.54 Å². The molecule has 2 heterocycles. The van der Waals surface area contributed by atoms with Crippen LogP contribution in [0.5, 0.6) is 5.75 Å². The van der Waals surface area contributed by atoms with Crippen LogP contribution < -0.4 is 16.0 Å². The van der Waals surface area contributed by atoms with Crippen molar-refractivity contribution in [3.63, 3.8) is 0 Å². The Morgan fingerprint density at radius 1 is 0.894 bits per heavy atom. The van der Waals surface area contributed by atoms with E-state index in [0.29, 0.717) is 18.4 Å². The SMILES string of the molecule is CC(C)C[C@@H]1NC(=O)[C@H](Cc2ccccc2)N(Cc2c(O)cccc2[N+](=O)[O-])C(=O)[C@H](C)NC(=O)[C@H](C)NC(=O)[C@@H]2CCCN2C1=O. The molecule has 2 aliphatic heterocycles. The summed E-state index contributed by atoms with van der Waals surface area (Å²) >= 11 is 0. The second-order valence-electron chi connectivity index (χ2n) is 12.5. The highest BCUT2D eigenvalue weighted by molar-refractivity contribution is 5.98. The van der Waals surface area contributed by atoms with Crippen LogP contribution >= 0.6 is 0 Å². The molecule has 2 saturated heterocycles. The number of nitro benzene ring substituents is 1. The van der Waals surface area contributed by atoms with Gasteiger partial charge >= 0.3 is 0 Å². The smallest absolute Gasteiger partial charge is 0.278 e. The largest absolute Gasteiger partial charge is 0.507 e. The molecule has 0 radical (unpaired) electrons. The molecule has 2 aromatic rings. The summed E-state index contributed by atoms with van der Waals surface area (Å²) in [7, 11) is 0. The Labute approximate surface area is 273 Å². The van der Waals surface area contributed by atoms with Crippen LogP contribution in [0.2, 0.25) is 0 Å². The summed E-state index contributed by atoms with van der Waals surface area (Å²) < 4.78 is 0. The highest BCUT2D eigenvalue weighted by Crippen LogP contribution is 2.30. The summed E-state index contributed by atoms with van der Waals surface area (Å²) in [6.45, 7) is 6.36. The van der Waals surface area contributed by atoms with E-state index >= 15 is 0 Å². The molecule has 0 aromatic heterocycles. The normalized spacial score (nSPS) is 24.6. The molecule has 2 fully saturated rings. The standard InChI is InChI=1S/C33H42N6O8/c1-19(2)16-24-33(45)37-15-9-13-26(37)30(42)34-20(3)29(41)35-21(4)32(44)38(18-23-25(39(46)47)12-8-14-28(23)40)27(31(43)36-24)17-22-10-6-5-7-11-22/h5-8,10-12,14,19-21,24,26-27,40H,9,13,15-18H2,1-4H3,(H,34,42)(H,35,41)(H,36,43)/t20-,21-,24-,26-,27-/m0/s1. The van der Waals surface area contributed by atoms with Crippen molar-refractivity contribution in [3.8, 4) is 5.75 Å². The first-order valence-corrected chi connectivity index (χ1v) is 15.8. The van der Waals surface area contributed by atoms with Crippen LogP contribution in [0.15, 0.2) is 48.5 Å². The molecule has 47 heavy (non-hydrogen) atoms. The Kier molecular flexibility index (Phi) is 11.2. The van der Waals surface area contributed by atoms with Crippen LogP contribution in [0.25, 0.3) is 0 Å². The number of phenols is 1. The van der Waals surface area contributed by atoms with Crippen LogP contribution in [0.1, 0.15) is 58.1 Å². The summed E-state index contributed by atoms with van der Waals surface area (Å²) in [5.74, 6) is -3.63. The first-order chi connectivity index (χ1) is 22.3. The number of hydrogen-bond acceptors (Lipinski definition) is 8. The average molecular weight is 651 g/mol. The van der Waals surface area contributed by atoms with E-state index in [0.717, 1.165) is 4.90 Å². The van der Waals surface area contributed by atoms with Gasteiger partial charge < -0.3 is 30.9 Å². The molecule has 0 unspecified atom stereocenters. The lowest BCUT2D eigenvalue weighted by Gasteiger charge is -2.35. The number of fused-ring (bicyclic) bond motifs is 1. The van der Waals surface area contributed by atoms with Gasteiger partial charge in [-0.05, 0) is 50.7 Å². The van der Waals surface area contributed by atoms with Gasteiger partial charge in [-0.15, -0.1) is 0 Å². The van der Waals surface area contributed by atoms with E-state index in [9.17, 15) is 39.2 Å². The van der Waals surface area contributed by atoms with E-state index < -0.39 is 82.7 Å². The van der Waals surface area contributed by atoms with E-state index in [1.165, 1.54) is 36.9 Å². The lowest BCUT2D eigenvalue weighted by atomic mass is 9.98. The van der Waals surface area contributed by atoms with Gasteiger partial charge in [0.2, 0.25) is 29.5 Å². The minimum Gasteiger partial charge on any atom is -0.507 e. The van der Waals surface area contributed by atoms with Crippen LogP contribution in [0.4, 0.5) is 5.69 Å². The minimum atomic E-state index is -1.33. The maximum atomic E-state index is 14.4. The quantitative estimate of drug-likeness (QED) is 0.257. The number of amides is 5. The number of nitrogens with zero attached hydrogens (tertiary/aromatic N) is 3. The summed E-state index contributed by atoms with van der Waals surface area (Å²) in [5, 5.41) is 30.8. The first kappa shape index (κ1) is 34.9. The van der Waals surface area contributed by atoms with Gasteiger partial charge in [0.05, 0.1) is 17.0 Å². The molecule has 5 amide bonds. The summed E-state index contributed by atoms with van der Waals surface area (Å²) in [5.41, 5.74) is -0.0152. The van der Waals surface area contributed by atoms with Gasteiger partial charge in [-0.2, -0.15) is 0 Å². The fraction of sp³-hybridized carbons (Fsp3) is 0.485. The Morgan fingerprint density at radius 3 is 2.23 bits per heavy atom. The van der Waals surface area contributed by atoms with Crippen LogP contribution in [-0.4, -0.2) is 86.1 Å². The number of nitro groups is 1. The average Bonchev–Trinajstić information content (AvgIpc) is 3.52. The number of nitrogens with one attached hydrogen (secondary N) is 3. The van der Waals surface area contributed by atoms with Gasteiger partial charge in [-0.25, -0.2) is 0 Å².